The highest BCUT2D eigenvalue weighted by molar-refractivity contribution is 6.02. The van der Waals surface area contributed by atoms with Gasteiger partial charge in [-0.15, -0.1) is 0 Å². The molecule has 8 heteroatoms. The van der Waals surface area contributed by atoms with Crippen LogP contribution in [-0.2, 0) is 11.8 Å². The number of halogens is 2. The van der Waals surface area contributed by atoms with Gasteiger partial charge in [0.15, 0.2) is 0 Å². The van der Waals surface area contributed by atoms with E-state index in [4.69, 9.17) is 0 Å². The number of carbonyl (C=O) groups excluding carboxylic acids is 2. The molecule has 0 spiro atoms. The molecule has 0 saturated carbocycles. The first kappa shape index (κ1) is 17.1. The number of piperidine rings is 1. The number of rotatable bonds is 3. The number of amides is 2. The summed E-state index contributed by atoms with van der Waals surface area (Å²) in [6.07, 6.45) is 1.16. The van der Waals surface area contributed by atoms with Crippen molar-refractivity contribution in [3.05, 3.63) is 47.2 Å². The predicted octanol–water partition coefficient (Wildman–Crippen LogP) is 1.93. The number of nitrogens with zero attached hydrogens (tertiary/aromatic N) is 3. The van der Waals surface area contributed by atoms with Gasteiger partial charge in [-0.25, -0.2) is 8.78 Å². The molecular formula is C17H18F2N4O2. The zero-order valence-electron chi connectivity index (χ0n) is 13.9. The lowest BCUT2D eigenvalue weighted by molar-refractivity contribution is -0.121. The van der Waals surface area contributed by atoms with E-state index >= 15 is 0 Å². The maximum absolute atomic E-state index is 13.3. The van der Waals surface area contributed by atoms with Crippen LogP contribution in [0.3, 0.4) is 0 Å². The van der Waals surface area contributed by atoms with Crippen LogP contribution in [-0.4, -0.2) is 34.2 Å². The maximum Gasteiger partial charge on any atom is 0.252 e. The zero-order valence-corrected chi connectivity index (χ0v) is 13.9. The van der Waals surface area contributed by atoms with Gasteiger partial charge in [-0.05, 0) is 31.9 Å². The predicted molar refractivity (Wildman–Crippen MR) is 87.1 cm³/mol. The first-order chi connectivity index (χ1) is 11.8. The molecule has 1 N–H and O–H groups in total. The molecule has 0 radical (unpaired) electrons. The number of aryl methyl sites for hydroxylation is 2. The van der Waals surface area contributed by atoms with Gasteiger partial charge >= 0.3 is 0 Å². The quantitative estimate of drug-likeness (QED) is 0.922. The molecule has 1 aromatic carbocycles. The van der Waals surface area contributed by atoms with Crippen LogP contribution < -0.4 is 10.2 Å². The fraction of sp³-hybridized carbons (Fsp3) is 0.353. The molecule has 2 heterocycles. The minimum atomic E-state index is -0.841. The minimum absolute atomic E-state index is 0.154. The van der Waals surface area contributed by atoms with E-state index in [1.54, 1.807) is 22.7 Å². The third-order valence-electron chi connectivity index (χ3n) is 4.12. The molecule has 3 rings (SSSR count). The molecular weight excluding hydrogens is 330 g/mol. The number of nitrogens with one attached hydrogen (secondary N) is 1. The van der Waals surface area contributed by atoms with Crippen LogP contribution in [0, 0.1) is 18.6 Å². The molecule has 1 aliphatic heterocycles. The summed E-state index contributed by atoms with van der Waals surface area (Å²) in [5, 5.41) is 6.80. The van der Waals surface area contributed by atoms with E-state index in [9.17, 15) is 18.4 Å². The average molecular weight is 348 g/mol. The van der Waals surface area contributed by atoms with Crippen LogP contribution in [0.4, 0.5) is 14.6 Å². The molecule has 1 aliphatic rings. The van der Waals surface area contributed by atoms with Gasteiger partial charge in [0.25, 0.3) is 11.8 Å². The second kappa shape index (κ2) is 6.62. The Hall–Kier alpha value is -2.77. The Kier molecular flexibility index (Phi) is 4.52. The topological polar surface area (TPSA) is 67.2 Å². The number of hydrogen-bond acceptors (Lipinski definition) is 3. The molecule has 1 atom stereocenters. The Balaban J connectivity index is 1.77. The standard InChI is InChI=1S/C17H18F2N4O2/c1-10-6-15(22(2)21-10)23-5-3-4-14(17(23)25)20-16(24)11-7-12(18)9-13(19)8-11/h6-9,14H,3-5H2,1-2H3,(H,20,24)/t14-/m1/s1. The Morgan fingerprint density at radius 2 is 1.92 bits per heavy atom. The normalized spacial score (nSPS) is 17.7. The molecule has 1 aromatic heterocycles. The summed E-state index contributed by atoms with van der Waals surface area (Å²) >= 11 is 0. The van der Waals surface area contributed by atoms with E-state index in [-0.39, 0.29) is 11.5 Å². The van der Waals surface area contributed by atoms with Crippen LogP contribution in [0.1, 0.15) is 28.9 Å². The number of benzene rings is 1. The monoisotopic (exact) mass is 348 g/mol. The van der Waals surface area contributed by atoms with Crippen LogP contribution >= 0.6 is 0 Å². The first-order valence-electron chi connectivity index (χ1n) is 7.94. The van der Waals surface area contributed by atoms with Gasteiger partial charge in [0.2, 0.25) is 0 Å². The summed E-state index contributed by atoms with van der Waals surface area (Å²) < 4.78 is 28.1. The summed E-state index contributed by atoms with van der Waals surface area (Å²) in [6, 6.07) is 3.61. The van der Waals surface area contributed by atoms with Gasteiger partial charge < -0.3 is 5.32 Å². The van der Waals surface area contributed by atoms with Crippen molar-refractivity contribution in [2.45, 2.75) is 25.8 Å². The minimum Gasteiger partial charge on any atom is -0.340 e. The number of hydrogen-bond donors (Lipinski definition) is 1. The third-order valence-corrected chi connectivity index (χ3v) is 4.12. The second-order valence-electron chi connectivity index (χ2n) is 6.08. The Morgan fingerprint density at radius 1 is 1.24 bits per heavy atom. The highest BCUT2D eigenvalue weighted by Gasteiger charge is 2.32. The van der Waals surface area contributed by atoms with Gasteiger partial charge in [-0.1, -0.05) is 0 Å². The fourth-order valence-electron chi connectivity index (χ4n) is 3.01. The molecule has 6 nitrogen and oxygen atoms in total. The lowest BCUT2D eigenvalue weighted by Gasteiger charge is -2.32. The van der Waals surface area contributed by atoms with Gasteiger partial charge in [-0.3, -0.25) is 19.2 Å². The van der Waals surface area contributed by atoms with Gasteiger partial charge in [-0.2, -0.15) is 5.10 Å². The molecule has 2 aromatic rings. The van der Waals surface area contributed by atoms with Crippen molar-refractivity contribution >= 4 is 17.6 Å². The van der Waals surface area contributed by atoms with Gasteiger partial charge in [0.1, 0.15) is 23.5 Å². The van der Waals surface area contributed by atoms with Crippen molar-refractivity contribution in [2.75, 3.05) is 11.4 Å². The van der Waals surface area contributed by atoms with Gasteiger partial charge in [0.05, 0.1) is 5.69 Å². The largest absolute Gasteiger partial charge is 0.340 e. The van der Waals surface area contributed by atoms with E-state index < -0.39 is 23.6 Å². The van der Waals surface area contributed by atoms with Crippen molar-refractivity contribution in [2.24, 2.45) is 7.05 Å². The maximum atomic E-state index is 13.3. The van der Waals surface area contributed by atoms with E-state index in [2.05, 4.69) is 10.4 Å². The Morgan fingerprint density at radius 3 is 2.52 bits per heavy atom. The third kappa shape index (κ3) is 3.52. The Labute approximate surface area is 143 Å². The SMILES string of the molecule is Cc1cc(N2CCC[C@@H](NC(=O)c3cc(F)cc(F)c3)C2=O)n(C)n1. The van der Waals surface area contributed by atoms with Crippen molar-refractivity contribution in [3.63, 3.8) is 0 Å². The summed E-state index contributed by atoms with van der Waals surface area (Å²) in [6.45, 7) is 2.36. The van der Waals surface area contributed by atoms with Crippen LogP contribution in [0.2, 0.25) is 0 Å². The zero-order chi connectivity index (χ0) is 18.1. The van der Waals surface area contributed by atoms with E-state index in [0.29, 0.717) is 31.3 Å². The smallest absolute Gasteiger partial charge is 0.252 e. The summed E-state index contributed by atoms with van der Waals surface area (Å²) in [7, 11) is 1.74. The molecule has 1 fully saturated rings. The molecule has 132 valence electrons. The Bertz CT molecular complexity index is 814. The number of aromatic nitrogens is 2. The molecule has 0 bridgehead atoms. The van der Waals surface area contributed by atoms with Crippen LogP contribution in [0.25, 0.3) is 0 Å². The summed E-state index contributed by atoms with van der Waals surface area (Å²) in [4.78, 5) is 26.5. The second-order valence-corrected chi connectivity index (χ2v) is 6.08. The van der Waals surface area contributed by atoms with Crippen molar-refractivity contribution in [1.29, 1.82) is 0 Å². The lowest BCUT2D eigenvalue weighted by Crippen LogP contribution is -2.53. The molecule has 1 saturated heterocycles. The highest BCUT2D eigenvalue weighted by atomic mass is 19.1. The molecule has 25 heavy (non-hydrogen) atoms. The summed E-state index contributed by atoms with van der Waals surface area (Å²) in [5.41, 5.74) is 0.630. The molecule has 2 amide bonds. The van der Waals surface area contributed by atoms with E-state index in [1.807, 2.05) is 6.92 Å². The highest BCUT2D eigenvalue weighted by Crippen LogP contribution is 2.22. The van der Waals surface area contributed by atoms with Crippen LogP contribution in [0.15, 0.2) is 24.3 Å². The number of carbonyl (C=O) groups is 2. The van der Waals surface area contributed by atoms with Gasteiger partial charge in [0, 0.05) is 31.3 Å². The lowest BCUT2D eigenvalue weighted by atomic mass is 10.0. The first-order valence-corrected chi connectivity index (χ1v) is 7.94. The van der Waals surface area contributed by atoms with E-state index in [0.717, 1.165) is 17.8 Å². The number of anilines is 1. The van der Waals surface area contributed by atoms with Crippen molar-refractivity contribution in [3.8, 4) is 0 Å². The van der Waals surface area contributed by atoms with Crippen LogP contribution in [0.5, 0.6) is 0 Å². The molecule has 0 unspecified atom stereocenters. The summed E-state index contributed by atoms with van der Waals surface area (Å²) in [5.74, 6) is -1.98. The molecule has 0 aliphatic carbocycles. The average Bonchev–Trinajstić information content (AvgIpc) is 2.86. The fourth-order valence-corrected chi connectivity index (χ4v) is 3.01. The van der Waals surface area contributed by atoms with Crippen molar-refractivity contribution in [1.82, 2.24) is 15.1 Å². The van der Waals surface area contributed by atoms with E-state index in [1.165, 1.54) is 0 Å². The van der Waals surface area contributed by atoms with Crippen molar-refractivity contribution < 1.29 is 18.4 Å².